The number of benzene rings is 1. The van der Waals surface area contributed by atoms with Crippen LogP contribution in [0, 0.1) is 5.92 Å². The number of sulfonamides is 1. The third-order valence-electron chi connectivity index (χ3n) is 3.65. The predicted octanol–water partition coefficient (Wildman–Crippen LogP) is -0.851. The molecular weight excluding hydrogens is 296 g/mol. The van der Waals surface area contributed by atoms with Gasteiger partial charge in [-0.3, -0.25) is 4.79 Å². The van der Waals surface area contributed by atoms with Gasteiger partial charge in [0.15, 0.2) is 0 Å². The molecule has 2 rings (SSSR count). The Morgan fingerprint density at radius 1 is 1.33 bits per heavy atom. The van der Waals surface area contributed by atoms with E-state index in [-0.39, 0.29) is 29.9 Å². The minimum absolute atomic E-state index is 0.0543. The van der Waals surface area contributed by atoms with Gasteiger partial charge in [0.25, 0.3) is 5.91 Å². The summed E-state index contributed by atoms with van der Waals surface area (Å²) >= 11 is 0. The van der Waals surface area contributed by atoms with Gasteiger partial charge in [-0.05, 0) is 30.7 Å². The molecule has 0 unspecified atom stereocenters. The van der Waals surface area contributed by atoms with Gasteiger partial charge in [0.1, 0.15) is 0 Å². The second-order valence-corrected chi connectivity index (χ2v) is 6.68. The lowest BCUT2D eigenvalue weighted by Crippen LogP contribution is -2.47. The van der Waals surface area contributed by atoms with Crippen molar-refractivity contribution in [2.24, 2.45) is 11.1 Å². The lowest BCUT2D eigenvalue weighted by Gasteiger charge is -2.35. The molecule has 1 fully saturated rings. The lowest BCUT2D eigenvalue weighted by atomic mass is 9.95. The number of primary sulfonamides is 1. The smallest absolute Gasteiger partial charge is 0.253 e. The molecule has 1 aliphatic rings. The van der Waals surface area contributed by atoms with Crippen LogP contribution in [0.1, 0.15) is 16.8 Å². The summed E-state index contributed by atoms with van der Waals surface area (Å²) in [5, 5.41) is 23.9. The summed E-state index contributed by atoms with van der Waals surface area (Å²) in [5.41, 5.74) is 0.343. The molecule has 0 aliphatic carbocycles. The van der Waals surface area contributed by atoms with Gasteiger partial charge in [0, 0.05) is 24.6 Å². The van der Waals surface area contributed by atoms with Crippen LogP contribution in [0.2, 0.25) is 0 Å². The highest BCUT2D eigenvalue weighted by Gasteiger charge is 2.30. The van der Waals surface area contributed by atoms with Crippen LogP contribution in [0.4, 0.5) is 0 Å². The molecule has 1 aliphatic heterocycles. The molecule has 0 saturated carbocycles. The summed E-state index contributed by atoms with van der Waals surface area (Å²) in [5.74, 6) is -0.618. The van der Waals surface area contributed by atoms with E-state index in [1.807, 2.05) is 0 Å². The van der Waals surface area contributed by atoms with Crippen molar-refractivity contribution in [3.05, 3.63) is 29.8 Å². The topological polar surface area (TPSA) is 121 Å². The minimum Gasteiger partial charge on any atom is -0.396 e. The zero-order valence-electron chi connectivity index (χ0n) is 11.3. The number of piperidine rings is 1. The summed E-state index contributed by atoms with van der Waals surface area (Å²) in [4.78, 5) is 13.8. The highest BCUT2D eigenvalue weighted by Crippen LogP contribution is 2.19. The number of amides is 1. The third kappa shape index (κ3) is 3.59. The largest absolute Gasteiger partial charge is 0.396 e. The van der Waals surface area contributed by atoms with Crippen molar-refractivity contribution in [3.8, 4) is 0 Å². The fourth-order valence-electron chi connectivity index (χ4n) is 2.35. The first-order chi connectivity index (χ1) is 9.82. The number of aliphatic hydroxyl groups excluding tert-OH is 2. The van der Waals surface area contributed by atoms with Crippen LogP contribution in [0.25, 0.3) is 0 Å². The van der Waals surface area contributed by atoms with Crippen molar-refractivity contribution in [1.29, 1.82) is 0 Å². The highest BCUT2D eigenvalue weighted by molar-refractivity contribution is 7.89. The van der Waals surface area contributed by atoms with E-state index < -0.39 is 16.1 Å². The minimum atomic E-state index is -3.78. The molecule has 0 aromatic heterocycles. The molecule has 1 aromatic carbocycles. The maximum Gasteiger partial charge on any atom is 0.253 e. The molecule has 1 aromatic rings. The molecule has 1 amide bonds. The maximum atomic E-state index is 12.3. The monoisotopic (exact) mass is 314 g/mol. The highest BCUT2D eigenvalue weighted by atomic mass is 32.2. The number of likely N-dealkylation sites (tertiary alicyclic amines) is 1. The summed E-state index contributed by atoms with van der Waals surface area (Å²) < 4.78 is 22.3. The van der Waals surface area contributed by atoms with Crippen LogP contribution in [0.5, 0.6) is 0 Å². The molecule has 21 heavy (non-hydrogen) atoms. The summed E-state index contributed by atoms with van der Waals surface area (Å²) in [6, 6.07) is 5.37. The predicted molar refractivity (Wildman–Crippen MR) is 74.9 cm³/mol. The van der Waals surface area contributed by atoms with Crippen molar-refractivity contribution in [1.82, 2.24) is 4.90 Å². The van der Waals surface area contributed by atoms with E-state index in [9.17, 15) is 23.4 Å². The molecule has 2 atom stereocenters. The molecule has 0 radical (unpaired) electrons. The Balaban J connectivity index is 2.13. The number of nitrogens with two attached hydrogens (primary N) is 1. The lowest BCUT2D eigenvalue weighted by molar-refractivity contribution is 0.00344. The Bertz CT molecular complexity index is 614. The summed E-state index contributed by atoms with van der Waals surface area (Å²) in [7, 11) is -3.78. The molecule has 0 bridgehead atoms. The molecular formula is C13H18N2O5S. The van der Waals surface area contributed by atoms with Crippen molar-refractivity contribution in [2.75, 3.05) is 19.7 Å². The van der Waals surface area contributed by atoms with Gasteiger partial charge in [-0.2, -0.15) is 0 Å². The summed E-state index contributed by atoms with van der Waals surface area (Å²) in [6.45, 7) is 0.482. The number of hydrogen-bond donors (Lipinski definition) is 3. The number of hydrogen-bond acceptors (Lipinski definition) is 5. The van der Waals surface area contributed by atoms with E-state index in [0.29, 0.717) is 18.5 Å². The van der Waals surface area contributed by atoms with Gasteiger partial charge in [-0.15, -0.1) is 0 Å². The normalized spacial score (nSPS) is 23.1. The summed E-state index contributed by atoms with van der Waals surface area (Å²) in [6.07, 6.45) is -0.199. The van der Waals surface area contributed by atoms with Gasteiger partial charge >= 0.3 is 0 Å². The van der Waals surface area contributed by atoms with Crippen molar-refractivity contribution < 1.29 is 23.4 Å². The molecule has 7 nitrogen and oxygen atoms in total. The van der Waals surface area contributed by atoms with Crippen LogP contribution >= 0.6 is 0 Å². The Morgan fingerprint density at radius 3 is 2.48 bits per heavy atom. The molecule has 116 valence electrons. The fourth-order valence-corrected chi connectivity index (χ4v) is 2.87. The zero-order valence-corrected chi connectivity index (χ0v) is 12.2. The van der Waals surface area contributed by atoms with Crippen LogP contribution in [-0.4, -0.2) is 55.2 Å². The number of nitrogens with zero attached hydrogens (tertiary/aromatic N) is 1. The van der Waals surface area contributed by atoms with Gasteiger partial charge in [-0.1, -0.05) is 0 Å². The van der Waals surface area contributed by atoms with E-state index in [1.165, 1.54) is 24.3 Å². The standard InChI is InChI=1S/C13H18N2O5S/c14-21(19,20)11-3-1-9(2-4-11)13(18)15-6-5-12(17)10(7-15)8-16/h1-4,10,12,16-17H,5-8H2,(H2,14,19,20)/t10-,12-/m0/s1. The second kappa shape index (κ2) is 6.10. The first-order valence-corrected chi connectivity index (χ1v) is 8.08. The molecule has 8 heteroatoms. The number of rotatable bonds is 3. The van der Waals surface area contributed by atoms with Crippen LogP contribution in [-0.2, 0) is 10.0 Å². The van der Waals surface area contributed by atoms with E-state index in [1.54, 1.807) is 4.90 Å². The van der Waals surface area contributed by atoms with Crippen molar-refractivity contribution in [3.63, 3.8) is 0 Å². The molecule has 1 saturated heterocycles. The number of aliphatic hydroxyl groups is 2. The second-order valence-electron chi connectivity index (χ2n) is 5.12. The average Bonchev–Trinajstić information content (AvgIpc) is 2.46. The van der Waals surface area contributed by atoms with Crippen LogP contribution < -0.4 is 5.14 Å². The van der Waals surface area contributed by atoms with E-state index in [4.69, 9.17) is 5.14 Å². The van der Waals surface area contributed by atoms with Crippen LogP contribution in [0.15, 0.2) is 29.2 Å². The third-order valence-corrected chi connectivity index (χ3v) is 4.57. The van der Waals surface area contributed by atoms with Gasteiger partial charge < -0.3 is 15.1 Å². The Labute approximate surface area is 123 Å². The molecule has 1 heterocycles. The first-order valence-electron chi connectivity index (χ1n) is 6.54. The Morgan fingerprint density at radius 2 is 1.95 bits per heavy atom. The van der Waals surface area contributed by atoms with E-state index >= 15 is 0 Å². The van der Waals surface area contributed by atoms with Gasteiger partial charge in [-0.25, -0.2) is 13.6 Å². The number of carbonyl (C=O) groups is 1. The van der Waals surface area contributed by atoms with Crippen molar-refractivity contribution in [2.45, 2.75) is 17.4 Å². The molecule has 0 spiro atoms. The molecule has 4 N–H and O–H groups in total. The SMILES string of the molecule is NS(=O)(=O)c1ccc(C(=O)N2CC[C@H](O)[C@H](CO)C2)cc1. The van der Waals surface area contributed by atoms with E-state index in [2.05, 4.69) is 0 Å². The Kier molecular flexibility index (Phi) is 4.62. The van der Waals surface area contributed by atoms with E-state index in [0.717, 1.165) is 0 Å². The Hall–Kier alpha value is -1.48. The first kappa shape index (κ1) is 15.9. The maximum absolute atomic E-state index is 12.3. The van der Waals surface area contributed by atoms with Gasteiger partial charge in [0.05, 0.1) is 17.6 Å². The number of carbonyl (C=O) groups excluding carboxylic acids is 1. The average molecular weight is 314 g/mol. The van der Waals surface area contributed by atoms with Gasteiger partial charge in [0.2, 0.25) is 10.0 Å². The van der Waals surface area contributed by atoms with Crippen molar-refractivity contribution >= 4 is 15.9 Å². The quantitative estimate of drug-likeness (QED) is 0.671. The van der Waals surface area contributed by atoms with Crippen LogP contribution in [0.3, 0.4) is 0 Å². The zero-order chi connectivity index (χ0) is 15.6. The fraction of sp³-hybridized carbons (Fsp3) is 0.462.